The third kappa shape index (κ3) is 2.72. The smallest absolute Gasteiger partial charge is 0.223 e. The topological polar surface area (TPSA) is 33.5 Å². The molecule has 4 heteroatoms. The highest BCUT2D eigenvalue weighted by Gasteiger charge is 2.36. The van der Waals surface area contributed by atoms with Crippen molar-refractivity contribution in [2.75, 3.05) is 6.54 Å². The normalized spacial score (nSPS) is 23.4. The number of amides is 1. The van der Waals surface area contributed by atoms with Crippen LogP contribution in [0.1, 0.15) is 47.6 Å². The van der Waals surface area contributed by atoms with Crippen LogP contribution < -0.4 is 0 Å². The molecule has 1 aliphatic heterocycles. The molecule has 0 bridgehead atoms. The van der Waals surface area contributed by atoms with Crippen molar-refractivity contribution in [1.29, 1.82) is 0 Å². The maximum Gasteiger partial charge on any atom is 0.223 e. The summed E-state index contributed by atoms with van der Waals surface area (Å²) in [6, 6.07) is 6.28. The Kier molecular flexibility index (Phi) is 3.57. The highest BCUT2D eigenvalue weighted by Crippen LogP contribution is 2.47. The van der Waals surface area contributed by atoms with Gasteiger partial charge >= 0.3 is 0 Å². The lowest BCUT2D eigenvalue weighted by molar-refractivity contribution is -0.132. The Morgan fingerprint density at radius 1 is 1.41 bits per heavy atom. The number of aryl methyl sites for hydroxylation is 1. The molecule has 4 rings (SSSR count). The first kappa shape index (κ1) is 14.1. The second kappa shape index (κ2) is 5.58. The quantitative estimate of drug-likeness (QED) is 0.855. The molecule has 0 radical (unpaired) electrons. The molecule has 1 saturated carbocycles. The Bertz CT molecular complexity index is 687. The van der Waals surface area contributed by atoms with Crippen molar-refractivity contribution in [2.45, 2.75) is 45.1 Å². The largest absolute Gasteiger partial charge is 0.466 e. The van der Waals surface area contributed by atoms with E-state index < -0.39 is 0 Å². The van der Waals surface area contributed by atoms with E-state index in [-0.39, 0.29) is 5.91 Å². The van der Waals surface area contributed by atoms with E-state index in [2.05, 4.69) is 24.4 Å². The molecule has 2 aromatic rings. The van der Waals surface area contributed by atoms with Gasteiger partial charge in [-0.1, -0.05) is 6.92 Å². The molecule has 3 heterocycles. The van der Waals surface area contributed by atoms with Crippen molar-refractivity contribution in [3.05, 3.63) is 45.5 Å². The molecule has 2 atom stereocenters. The molecule has 0 spiro atoms. The first-order valence-corrected chi connectivity index (χ1v) is 9.00. The van der Waals surface area contributed by atoms with Gasteiger partial charge in [-0.3, -0.25) is 4.79 Å². The average Bonchev–Trinajstić information content (AvgIpc) is 2.97. The van der Waals surface area contributed by atoms with Crippen LogP contribution in [0.3, 0.4) is 0 Å². The van der Waals surface area contributed by atoms with Gasteiger partial charge in [-0.25, -0.2) is 0 Å². The average molecular weight is 315 g/mol. The van der Waals surface area contributed by atoms with Gasteiger partial charge in [-0.2, -0.15) is 0 Å². The van der Waals surface area contributed by atoms with E-state index in [1.165, 1.54) is 16.9 Å². The van der Waals surface area contributed by atoms with Gasteiger partial charge in [0, 0.05) is 36.7 Å². The predicted molar refractivity (Wildman–Crippen MR) is 87.0 cm³/mol. The fraction of sp³-hybridized carbons (Fsp3) is 0.500. The minimum absolute atomic E-state index is 0.245. The highest BCUT2D eigenvalue weighted by molar-refractivity contribution is 7.10. The molecule has 1 amide bonds. The summed E-state index contributed by atoms with van der Waals surface area (Å²) in [7, 11) is 0. The number of carbonyl (C=O) groups is 1. The molecule has 2 unspecified atom stereocenters. The number of rotatable bonds is 4. The molecule has 1 fully saturated rings. The van der Waals surface area contributed by atoms with E-state index in [1.807, 2.05) is 22.3 Å². The summed E-state index contributed by atoms with van der Waals surface area (Å²) in [5, 5.41) is 2.13. The van der Waals surface area contributed by atoms with Gasteiger partial charge < -0.3 is 9.32 Å². The first-order valence-electron chi connectivity index (χ1n) is 8.12. The Labute approximate surface area is 134 Å². The summed E-state index contributed by atoms with van der Waals surface area (Å²) in [4.78, 5) is 15.8. The third-order valence-electron chi connectivity index (χ3n) is 4.90. The summed E-state index contributed by atoms with van der Waals surface area (Å²) in [6.45, 7) is 3.89. The van der Waals surface area contributed by atoms with Crippen molar-refractivity contribution in [3.8, 4) is 0 Å². The summed E-state index contributed by atoms with van der Waals surface area (Å²) in [5.41, 5.74) is 1.33. The molecule has 22 heavy (non-hydrogen) atoms. The monoisotopic (exact) mass is 315 g/mol. The van der Waals surface area contributed by atoms with E-state index in [9.17, 15) is 4.79 Å². The van der Waals surface area contributed by atoms with Crippen LogP contribution in [0.5, 0.6) is 0 Å². The number of hydrogen-bond acceptors (Lipinski definition) is 3. The van der Waals surface area contributed by atoms with Crippen LogP contribution in [0.2, 0.25) is 0 Å². The van der Waals surface area contributed by atoms with Crippen LogP contribution in [-0.4, -0.2) is 17.4 Å². The SMILES string of the molecule is CC1CC1c1ccc(CCC(=O)N2CCc3sccc3C2)o1. The Hall–Kier alpha value is -1.55. The summed E-state index contributed by atoms with van der Waals surface area (Å²) in [5.74, 6) is 3.68. The number of hydrogen-bond donors (Lipinski definition) is 0. The van der Waals surface area contributed by atoms with E-state index in [0.29, 0.717) is 18.8 Å². The van der Waals surface area contributed by atoms with Gasteiger partial charge in [-0.05, 0) is 47.9 Å². The van der Waals surface area contributed by atoms with Gasteiger partial charge in [0.2, 0.25) is 5.91 Å². The van der Waals surface area contributed by atoms with E-state index >= 15 is 0 Å². The molecule has 3 nitrogen and oxygen atoms in total. The minimum Gasteiger partial charge on any atom is -0.466 e. The molecule has 0 aromatic carbocycles. The van der Waals surface area contributed by atoms with E-state index in [4.69, 9.17) is 4.42 Å². The fourth-order valence-corrected chi connectivity index (χ4v) is 4.19. The van der Waals surface area contributed by atoms with Crippen molar-refractivity contribution in [3.63, 3.8) is 0 Å². The summed E-state index contributed by atoms with van der Waals surface area (Å²) >= 11 is 1.81. The first-order chi connectivity index (χ1) is 10.7. The van der Waals surface area contributed by atoms with Gasteiger partial charge in [0.15, 0.2) is 0 Å². The third-order valence-corrected chi connectivity index (χ3v) is 5.93. The lowest BCUT2D eigenvalue weighted by atomic mass is 10.1. The van der Waals surface area contributed by atoms with Crippen molar-refractivity contribution >= 4 is 17.2 Å². The van der Waals surface area contributed by atoms with Crippen LogP contribution >= 0.6 is 11.3 Å². The molecule has 116 valence electrons. The second-order valence-corrected chi connectivity index (χ2v) is 7.56. The summed E-state index contributed by atoms with van der Waals surface area (Å²) < 4.78 is 5.89. The summed E-state index contributed by atoms with van der Waals surface area (Å²) in [6.07, 6.45) is 3.51. The van der Waals surface area contributed by atoms with Crippen molar-refractivity contribution in [1.82, 2.24) is 4.90 Å². The van der Waals surface area contributed by atoms with Gasteiger partial charge in [0.05, 0.1) is 0 Å². The highest BCUT2D eigenvalue weighted by atomic mass is 32.1. The van der Waals surface area contributed by atoms with Gasteiger partial charge in [0.1, 0.15) is 11.5 Å². The lowest BCUT2D eigenvalue weighted by Crippen LogP contribution is -2.35. The van der Waals surface area contributed by atoms with E-state index in [1.54, 1.807) is 0 Å². The molecular weight excluding hydrogens is 294 g/mol. The zero-order valence-electron chi connectivity index (χ0n) is 12.9. The van der Waals surface area contributed by atoms with Crippen molar-refractivity contribution in [2.24, 2.45) is 5.92 Å². The zero-order chi connectivity index (χ0) is 15.1. The van der Waals surface area contributed by atoms with Crippen LogP contribution in [0.15, 0.2) is 28.0 Å². The second-order valence-electron chi connectivity index (χ2n) is 6.56. The number of thiophene rings is 1. The zero-order valence-corrected chi connectivity index (χ0v) is 13.7. The standard InChI is InChI=1S/C18H21NO2S/c1-12-10-15(12)16-4-2-14(21-16)3-5-18(20)19-8-6-17-13(11-19)7-9-22-17/h2,4,7,9,12,15H,3,5-6,8,10-11H2,1H3. The van der Waals surface area contributed by atoms with Gasteiger partial charge in [-0.15, -0.1) is 11.3 Å². The Balaban J connectivity index is 1.32. The van der Waals surface area contributed by atoms with Crippen LogP contribution in [0, 0.1) is 5.92 Å². The molecule has 0 N–H and O–H groups in total. The molecule has 2 aromatic heterocycles. The number of carbonyl (C=O) groups excluding carboxylic acids is 1. The van der Waals surface area contributed by atoms with Crippen LogP contribution in [0.4, 0.5) is 0 Å². The fourth-order valence-electron chi connectivity index (χ4n) is 3.30. The number of nitrogens with zero attached hydrogens (tertiary/aromatic N) is 1. The van der Waals surface area contributed by atoms with Crippen molar-refractivity contribution < 1.29 is 9.21 Å². The maximum absolute atomic E-state index is 12.4. The Morgan fingerprint density at radius 3 is 3.09 bits per heavy atom. The maximum atomic E-state index is 12.4. The molecule has 0 saturated heterocycles. The number of fused-ring (bicyclic) bond motifs is 1. The van der Waals surface area contributed by atoms with Crippen LogP contribution in [0.25, 0.3) is 0 Å². The number of furan rings is 1. The van der Waals surface area contributed by atoms with Gasteiger partial charge in [0.25, 0.3) is 0 Å². The van der Waals surface area contributed by atoms with Crippen LogP contribution in [-0.2, 0) is 24.2 Å². The molecule has 2 aliphatic rings. The molecule has 1 aliphatic carbocycles. The predicted octanol–water partition coefficient (Wildman–Crippen LogP) is 3.98. The minimum atomic E-state index is 0.245. The Morgan fingerprint density at radius 2 is 2.27 bits per heavy atom. The lowest BCUT2D eigenvalue weighted by Gasteiger charge is -2.27. The molecular formula is C18H21NO2S. The van der Waals surface area contributed by atoms with E-state index in [0.717, 1.165) is 36.9 Å².